The van der Waals surface area contributed by atoms with Crippen molar-refractivity contribution in [1.82, 2.24) is 0 Å². The summed E-state index contributed by atoms with van der Waals surface area (Å²) in [4.78, 5) is 0. The Morgan fingerprint density at radius 2 is 1.40 bits per heavy atom. The second-order valence-corrected chi connectivity index (χ2v) is 8.57. The van der Waals surface area contributed by atoms with E-state index in [-0.39, 0.29) is 11.2 Å². The lowest BCUT2D eigenvalue weighted by Crippen LogP contribution is -2.15. The standard InChI is InChI=1S/C28H24FN/c1-18-13-14-20(19-9-5-4-6-10-19)15-26(18)30-27-16-22-21-11-7-8-12-23(21)28(2,3)24(22)17-25(27)29/h4-17,30H,1-3H3. The first-order valence-electron chi connectivity index (χ1n) is 10.3. The molecule has 1 aliphatic rings. The molecular weight excluding hydrogens is 369 g/mol. The van der Waals surface area contributed by atoms with E-state index in [0.29, 0.717) is 5.69 Å². The molecule has 0 radical (unpaired) electrons. The summed E-state index contributed by atoms with van der Waals surface area (Å²) >= 11 is 0. The number of fused-ring (bicyclic) bond motifs is 3. The highest BCUT2D eigenvalue weighted by Gasteiger charge is 2.36. The third-order valence-electron chi connectivity index (χ3n) is 6.29. The van der Waals surface area contributed by atoms with Crippen LogP contribution in [0.25, 0.3) is 22.3 Å². The molecule has 1 aliphatic carbocycles. The van der Waals surface area contributed by atoms with Gasteiger partial charge in [-0.05, 0) is 64.1 Å². The zero-order valence-electron chi connectivity index (χ0n) is 17.5. The molecule has 0 amide bonds. The summed E-state index contributed by atoms with van der Waals surface area (Å²) in [5.74, 6) is -0.223. The Balaban J connectivity index is 1.58. The minimum Gasteiger partial charge on any atom is -0.353 e. The number of halogens is 1. The predicted octanol–water partition coefficient (Wildman–Crippen LogP) is 7.85. The Morgan fingerprint density at radius 3 is 2.20 bits per heavy atom. The Hall–Kier alpha value is -3.39. The molecule has 2 heteroatoms. The summed E-state index contributed by atoms with van der Waals surface area (Å²) in [5.41, 5.74) is 9.15. The van der Waals surface area contributed by atoms with Crippen molar-refractivity contribution in [2.24, 2.45) is 0 Å². The van der Waals surface area contributed by atoms with Crippen LogP contribution in [0.1, 0.15) is 30.5 Å². The predicted molar refractivity (Wildman–Crippen MR) is 124 cm³/mol. The molecule has 0 aromatic heterocycles. The largest absolute Gasteiger partial charge is 0.353 e. The first-order chi connectivity index (χ1) is 14.4. The fourth-order valence-electron chi connectivity index (χ4n) is 4.53. The Labute approximate surface area is 177 Å². The molecule has 4 aromatic rings. The van der Waals surface area contributed by atoms with Crippen molar-refractivity contribution in [2.75, 3.05) is 5.32 Å². The van der Waals surface area contributed by atoms with Crippen LogP contribution in [0.15, 0.2) is 84.9 Å². The van der Waals surface area contributed by atoms with Crippen molar-refractivity contribution in [3.05, 3.63) is 107 Å². The van der Waals surface area contributed by atoms with Crippen LogP contribution in [0.3, 0.4) is 0 Å². The van der Waals surface area contributed by atoms with Crippen molar-refractivity contribution in [3.63, 3.8) is 0 Å². The maximum atomic E-state index is 15.2. The zero-order valence-corrected chi connectivity index (χ0v) is 17.5. The number of benzene rings is 4. The SMILES string of the molecule is Cc1ccc(-c2ccccc2)cc1Nc1cc2c(cc1F)C(C)(C)c1ccccc1-2. The van der Waals surface area contributed by atoms with Crippen LogP contribution in [-0.4, -0.2) is 0 Å². The lowest BCUT2D eigenvalue weighted by atomic mass is 9.82. The van der Waals surface area contributed by atoms with Crippen LogP contribution in [-0.2, 0) is 5.41 Å². The third-order valence-corrected chi connectivity index (χ3v) is 6.29. The Bertz CT molecular complexity index is 1260. The first kappa shape index (κ1) is 18.6. The molecule has 0 fully saturated rings. The van der Waals surface area contributed by atoms with E-state index in [1.54, 1.807) is 6.07 Å². The molecule has 1 nitrogen and oxygen atoms in total. The monoisotopic (exact) mass is 393 g/mol. The molecule has 0 bridgehead atoms. The van der Waals surface area contributed by atoms with Gasteiger partial charge >= 0.3 is 0 Å². The van der Waals surface area contributed by atoms with Gasteiger partial charge in [0.05, 0.1) is 5.69 Å². The van der Waals surface area contributed by atoms with E-state index in [0.717, 1.165) is 33.5 Å². The second kappa shape index (κ2) is 6.84. The number of hydrogen-bond donors (Lipinski definition) is 1. The average molecular weight is 394 g/mol. The van der Waals surface area contributed by atoms with E-state index in [1.165, 1.54) is 11.1 Å². The highest BCUT2D eigenvalue weighted by atomic mass is 19.1. The summed E-state index contributed by atoms with van der Waals surface area (Å²) in [6, 6.07) is 28.6. The molecule has 0 spiro atoms. The van der Waals surface area contributed by atoms with Crippen LogP contribution < -0.4 is 5.32 Å². The minimum atomic E-state index is -0.223. The van der Waals surface area contributed by atoms with Gasteiger partial charge in [0.15, 0.2) is 0 Å². The highest BCUT2D eigenvalue weighted by molar-refractivity contribution is 5.84. The smallest absolute Gasteiger partial charge is 0.146 e. The van der Waals surface area contributed by atoms with Gasteiger partial charge in [0, 0.05) is 11.1 Å². The van der Waals surface area contributed by atoms with Gasteiger partial charge < -0.3 is 5.32 Å². The quantitative estimate of drug-likeness (QED) is 0.374. The Kier molecular flexibility index (Phi) is 4.25. The molecule has 0 heterocycles. The number of anilines is 2. The summed E-state index contributed by atoms with van der Waals surface area (Å²) in [5, 5.41) is 3.36. The van der Waals surface area contributed by atoms with Gasteiger partial charge in [-0.3, -0.25) is 0 Å². The van der Waals surface area contributed by atoms with E-state index in [1.807, 2.05) is 37.3 Å². The number of rotatable bonds is 3. The highest BCUT2D eigenvalue weighted by Crippen LogP contribution is 2.50. The molecule has 0 aliphatic heterocycles. The van der Waals surface area contributed by atoms with Gasteiger partial charge in [-0.15, -0.1) is 0 Å². The second-order valence-electron chi connectivity index (χ2n) is 8.57. The maximum Gasteiger partial charge on any atom is 0.146 e. The zero-order chi connectivity index (χ0) is 20.9. The van der Waals surface area contributed by atoms with Crippen molar-refractivity contribution in [3.8, 4) is 22.3 Å². The molecule has 5 rings (SSSR count). The molecule has 30 heavy (non-hydrogen) atoms. The molecule has 148 valence electrons. The van der Waals surface area contributed by atoms with Crippen LogP contribution in [0.2, 0.25) is 0 Å². The van der Waals surface area contributed by atoms with Gasteiger partial charge in [0.2, 0.25) is 0 Å². The van der Waals surface area contributed by atoms with E-state index >= 15 is 4.39 Å². The molecule has 0 saturated heterocycles. The molecule has 4 aromatic carbocycles. The molecule has 0 atom stereocenters. The number of nitrogens with one attached hydrogen (secondary N) is 1. The van der Waals surface area contributed by atoms with Crippen molar-refractivity contribution >= 4 is 11.4 Å². The van der Waals surface area contributed by atoms with Gasteiger partial charge in [0.25, 0.3) is 0 Å². The van der Waals surface area contributed by atoms with Crippen LogP contribution in [0.5, 0.6) is 0 Å². The molecular formula is C28H24FN. The first-order valence-corrected chi connectivity index (χ1v) is 10.3. The maximum absolute atomic E-state index is 15.2. The number of hydrogen-bond acceptors (Lipinski definition) is 1. The van der Waals surface area contributed by atoms with Crippen molar-refractivity contribution in [2.45, 2.75) is 26.2 Å². The van der Waals surface area contributed by atoms with Gasteiger partial charge in [-0.2, -0.15) is 0 Å². The summed E-state index contributed by atoms with van der Waals surface area (Å²) in [6.45, 7) is 6.37. The van der Waals surface area contributed by atoms with Crippen molar-refractivity contribution < 1.29 is 4.39 Å². The fraction of sp³-hybridized carbons (Fsp3) is 0.143. The van der Waals surface area contributed by atoms with Crippen molar-refractivity contribution in [1.29, 1.82) is 0 Å². The number of aryl methyl sites for hydroxylation is 1. The summed E-state index contributed by atoms with van der Waals surface area (Å²) in [7, 11) is 0. The van der Waals surface area contributed by atoms with Gasteiger partial charge in [-0.1, -0.05) is 80.6 Å². The van der Waals surface area contributed by atoms with Gasteiger partial charge in [0.1, 0.15) is 5.82 Å². The third kappa shape index (κ3) is 2.91. The van der Waals surface area contributed by atoms with Crippen LogP contribution >= 0.6 is 0 Å². The lowest BCUT2D eigenvalue weighted by Gasteiger charge is -2.22. The molecule has 0 saturated carbocycles. The molecule has 1 N–H and O–H groups in total. The summed E-state index contributed by atoms with van der Waals surface area (Å²) < 4.78 is 15.2. The normalized spacial score (nSPS) is 13.6. The van der Waals surface area contributed by atoms with E-state index < -0.39 is 0 Å². The van der Waals surface area contributed by atoms with E-state index in [4.69, 9.17) is 0 Å². The van der Waals surface area contributed by atoms with Crippen LogP contribution in [0.4, 0.5) is 15.8 Å². The van der Waals surface area contributed by atoms with E-state index in [9.17, 15) is 0 Å². The van der Waals surface area contributed by atoms with Gasteiger partial charge in [-0.25, -0.2) is 4.39 Å². The van der Waals surface area contributed by atoms with E-state index in [2.05, 4.69) is 67.7 Å². The Morgan fingerprint density at radius 1 is 0.667 bits per heavy atom. The fourth-order valence-corrected chi connectivity index (χ4v) is 4.53. The lowest BCUT2D eigenvalue weighted by molar-refractivity contribution is 0.612. The topological polar surface area (TPSA) is 12.0 Å². The average Bonchev–Trinajstić information content (AvgIpc) is 2.97. The van der Waals surface area contributed by atoms with Crippen LogP contribution in [0, 0.1) is 12.7 Å². The summed E-state index contributed by atoms with van der Waals surface area (Å²) in [6.07, 6.45) is 0. The minimum absolute atomic E-state index is 0.200. The molecule has 0 unspecified atom stereocenters.